The normalized spacial score (nSPS) is 26.7. The highest BCUT2D eigenvalue weighted by molar-refractivity contribution is 5.98. The first-order valence-corrected chi connectivity index (χ1v) is 9.23. The predicted molar refractivity (Wildman–Crippen MR) is 98.0 cm³/mol. The molecule has 0 aromatic heterocycles. The maximum absolute atomic E-state index is 12.7. The molecule has 2 amide bonds. The van der Waals surface area contributed by atoms with Crippen LogP contribution in [-0.2, 0) is 16.1 Å². The Morgan fingerprint density at radius 1 is 1.40 bits per heavy atom. The number of likely N-dealkylation sites (tertiary alicyclic amines) is 1. The molecule has 0 radical (unpaired) electrons. The van der Waals surface area contributed by atoms with Crippen LogP contribution >= 0.6 is 0 Å². The van der Waals surface area contributed by atoms with Gasteiger partial charge in [0.15, 0.2) is 0 Å². The fourth-order valence-corrected chi connectivity index (χ4v) is 4.03. The number of benzene rings is 1. The van der Waals surface area contributed by atoms with Gasteiger partial charge >= 0.3 is 0 Å². The Morgan fingerprint density at radius 2 is 2.24 bits per heavy atom. The number of hydrogen-bond acceptors (Lipinski definition) is 4. The van der Waals surface area contributed by atoms with Crippen LogP contribution in [0, 0.1) is 0 Å². The third kappa shape index (κ3) is 3.85. The Balaban J connectivity index is 1.67. The molecule has 2 heterocycles. The molecule has 4 N–H and O–H groups in total. The van der Waals surface area contributed by atoms with E-state index in [4.69, 9.17) is 5.73 Å². The van der Waals surface area contributed by atoms with Crippen molar-refractivity contribution in [3.63, 3.8) is 0 Å². The highest BCUT2D eigenvalue weighted by Crippen LogP contribution is 2.26. The molecule has 0 bridgehead atoms. The van der Waals surface area contributed by atoms with Crippen LogP contribution in [0.25, 0.3) is 0 Å². The number of carbonyl (C=O) groups excluding carboxylic acids is 2. The lowest BCUT2D eigenvalue weighted by Crippen LogP contribution is -2.50. The summed E-state index contributed by atoms with van der Waals surface area (Å²) in [6, 6.07) is 7.70. The van der Waals surface area contributed by atoms with Crippen molar-refractivity contribution in [2.75, 3.05) is 18.4 Å². The van der Waals surface area contributed by atoms with E-state index in [9.17, 15) is 9.59 Å². The molecule has 2 aliphatic heterocycles. The van der Waals surface area contributed by atoms with Gasteiger partial charge in [-0.15, -0.1) is 0 Å². The number of amides is 2. The van der Waals surface area contributed by atoms with Gasteiger partial charge in [0.05, 0.1) is 11.6 Å². The van der Waals surface area contributed by atoms with Crippen molar-refractivity contribution in [1.29, 1.82) is 0 Å². The first kappa shape index (κ1) is 17.9. The fourth-order valence-electron chi connectivity index (χ4n) is 4.03. The number of carbonyl (C=O) groups is 2. The Morgan fingerprint density at radius 3 is 2.92 bits per heavy atom. The van der Waals surface area contributed by atoms with Crippen LogP contribution in [0.4, 0.5) is 5.69 Å². The van der Waals surface area contributed by atoms with Crippen molar-refractivity contribution in [2.24, 2.45) is 5.73 Å². The molecule has 2 fully saturated rings. The highest BCUT2D eigenvalue weighted by Gasteiger charge is 2.39. The summed E-state index contributed by atoms with van der Waals surface area (Å²) in [6.45, 7) is 4.50. The molecule has 2 unspecified atom stereocenters. The second-order valence-corrected chi connectivity index (χ2v) is 7.15. The van der Waals surface area contributed by atoms with Gasteiger partial charge in [-0.2, -0.15) is 0 Å². The van der Waals surface area contributed by atoms with Crippen LogP contribution in [0.3, 0.4) is 0 Å². The Kier molecular flexibility index (Phi) is 5.39. The lowest BCUT2D eigenvalue weighted by molar-refractivity contribution is -0.123. The van der Waals surface area contributed by atoms with Crippen molar-refractivity contribution in [3.8, 4) is 0 Å². The number of primary amides is 1. The number of nitrogens with one attached hydrogen (secondary N) is 2. The fraction of sp³-hybridized carbons (Fsp3) is 0.579. The van der Waals surface area contributed by atoms with Crippen LogP contribution in [0.2, 0.25) is 0 Å². The van der Waals surface area contributed by atoms with Gasteiger partial charge in [-0.3, -0.25) is 14.5 Å². The van der Waals surface area contributed by atoms with E-state index in [0.29, 0.717) is 6.54 Å². The van der Waals surface area contributed by atoms with Crippen LogP contribution in [0.15, 0.2) is 24.3 Å². The van der Waals surface area contributed by atoms with Crippen molar-refractivity contribution in [2.45, 2.75) is 57.2 Å². The number of hydrogen-bond donors (Lipinski definition) is 3. The monoisotopic (exact) mass is 344 g/mol. The van der Waals surface area contributed by atoms with Gasteiger partial charge < -0.3 is 16.4 Å². The summed E-state index contributed by atoms with van der Waals surface area (Å²) in [4.78, 5) is 26.4. The Hall–Kier alpha value is -1.92. The van der Waals surface area contributed by atoms with Gasteiger partial charge in [0.1, 0.15) is 0 Å². The number of anilines is 1. The second-order valence-electron chi connectivity index (χ2n) is 7.15. The summed E-state index contributed by atoms with van der Waals surface area (Å²) in [5.74, 6) is -0.208. The maximum atomic E-state index is 12.7. The standard InChI is InChI=1S/C19H28N4O2/c1-2-19(9-5-10-21-19)18(25)22-15-7-3-6-14(12-15)13-23-11-4-8-16(23)17(20)24/h3,6-7,12,16,21H,2,4-5,8-11,13H2,1H3,(H2,20,24)(H,22,25). The summed E-state index contributed by atoms with van der Waals surface area (Å²) >= 11 is 0. The van der Waals surface area contributed by atoms with E-state index in [-0.39, 0.29) is 17.9 Å². The number of nitrogens with two attached hydrogens (primary N) is 1. The number of rotatable bonds is 6. The SMILES string of the molecule is CCC1(C(=O)Nc2cccc(CN3CCCC3C(N)=O)c2)CCCN1. The zero-order chi connectivity index (χ0) is 17.9. The molecule has 2 saturated heterocycles. The summed E-state index contributed by atoms with van der Waals surface area (Å²) < 4.78 is 0. The molecule has 2 atom stereocenters. The number of nitrogens with zero attached hydrogens (tertiary/aromatic N) is 1. The first-order chi connectivity index (χ1) is 12.0. The maximum Gasteiger partial charge on any atom is 0.244 e. The average molecular weight is 344 g/mol. The molecule has 6 nitrogen and oxygen atoms in total. The minimum Gasteiger partial charge on any atom is -0.368 e. The molecular formula is C19H28N4O2. The summed E-state index contributed by atoms with van der Waals surface area (Å²) in [6.07, 6.45) is 4.52. The molecule has 1 aromatic rings. The minimum atomic E-state index is -0.442. The largest absolute Gasteiger partial charge is 0.368 e. The summed E-state index contributed by atoms with van der Waals surface area (Å²) in [7, 11) is 0. The van der Waals surface area contributed by atoms with Crippen molar-refractivity contribution < 1.29 is 9.59 Å². The van der Waals surface area contributed by atoms with E-state index in [0.717, 1.165) is 56.4 Å². The van der Waals surface area contributed by atoms with Gasteiger partial charge in [-0.05, 0) is 62.9 Å². The summed E-state index contributed by atoms with van der Waals surface area (Å²) in [5.41, 5.74) is 6.93. The lowest BCUT2D eigenvalue weighted by atomic mass is 9.93. The molecule has 0 aliphatic carbocycles. The molecule has 6 heteroatoms. The zero-order valence-electron chi connectivity index (χ0n) is 14.9. The smallest absolute Gasteiger partial charge is 0.244 e. The molecule has 2 aliphatic rings. The van der Waals surface area contributed by atoms with Crippen LogP contribution in [0.1, 0.15) is 44.6 Å². The summed E-state index contributed by atoms with van der Waals surface area (Å²) in [5, 5.41) is 6.42. The third-order valence-corrected chi connectivity index (χ3v) is 5.54. The molecule has 0 saturated carbocycles. The third-order valence-electron chi connectivity index (χ3n) is 5.54. The second kappa shape index (κ2) is 7.54. The van der Waals surface area contributed by atoms with Gasteiger partial charge in [0.2, 0.25) is 11.8 Å². The highest BCUT2D eigenvalue weighted by atomic mass is 16.2. The van der Waals surface area contributed by atoms with Gasteiger partial charge in [0, 0.05) is 12.2 Å². The molecule has 1 aromatic carbocycles. The van der Waals surface area contributed by atoms with E-state index >= 15 is 0 Å². The van der Waals surface area contributed by atoms with Crippen LogP contribution in [0.5, 0.6) is 0 Å². The van der Waals surface area contributed by atoms with Gasteiger partial charge in [0.25, 0.3) is 0 Å². The van der Waals surface area contributed by atoms with E-state index in [1.54, 1.807) is 0 Å². The molecule has 25 heavy (non-hydrogen) atoms. The first-order valence-electron chi connectivity index (χ1n) is 9.23. The Bertz CT molecular complexity index is 640. The minimum absolute atomic E-state index is 0.0424. The van der Waals surface area contributed by atoms with Crippen molar-refractivity contribution >= 4 is 17.5 Å². The predicted octanol–water partition coefficient (Wildman–Crippen LogP) is 1.61. The van der Waals surface area contributed by atoms with Gasteiger partial charge in [-0.1, -0.05) is 19.1 Å². The van der Waals surface area contributed by atoms with E-state index in [1.165, 1.54) is 0 Å². The zero-order valence-corrected chi connectivity index (χ0v) is 14.9. The van der Waals surface area contributed by atoms with Gasteiger partial charge in [-0.25, -0.2) is 0 Å². The molecule has 3 rings (SSSR count). The van der Waals surface area contributed by atoms with Crippen LogP contribution in [-0.4, -0.2) is 41.4 Å². The molecule has 0 spiro atoms. The quantitative estimate of drug-likeness (QED) is 0.732. The van der Waals surface area contributed by atoms with E-state index in [1.807, 2.05) is 31.2 Å². The average Bonchev–Trinajstić information content (AvgIpc) is 3.25. The molecular weight excluding hydrogens is 316 g/mol. The van der Waals surface area contributed by atoms with Crippen molar-refractivity contribution in [3.05, 3.63) is 29.8 Å². The van der Waals surface area contributed by atoms with Crippen LogP contribution < -0.4 is 16.4 Å². The molecule has 136 valence electrons. The Labute approximate surface area is 149 Å². The van der Waals surface area contributed by atoms with E-state index < -0.39 is 5.54 Å². The van der Waals surface area contributed by atoms with Crippen molar-refractivity contribution in [1.82, 2.24) is 10.2 Å². The van der Waals surface area contributed by atoms with E-state index in [2.05, 4.69) is 15.5 Å². The lowest BCUT2D eigenvalue weighted by Gasteiger charge is -2.27. The topological polar surface area (TPSA) is 87.5 Å².